The lowest BCUT2D eigenvalue weighted by Crippen LogP contribution is -2.10. The van der Waals surface area contributed by atoms with E-state index in [2.05, 4.69) is 4.98 Å². The molecule has 15 heavy (non-hydrogen) atoms. The number of hydrogen-bond donors (Lipinski definition) is 3. The van der Waals surface area contributed by atoms with Crippen LogP contribution in [0.4, 0.5) is 4.39 Å². The molecule has 0 aliphatic carbocycles. The third kappa shape index (κ3) is 1.69. The van der Waals surface area contributed by atoms with Gasteiger partial charge in [0.25, 0.3) is 0 Å². The van der Waals surface area contributed by atoms with Crippen LogP contribution in [0.3, 0.4) is 0 Å². The lowest BCUT2D eigenvalue weighted by molar-refractivity contribution is -0.147. The van der Waals surface area contributed by atoms with E-state index in [1.165, 1.54) is 24.3 Å². The Bertz CT molecular complexity index is 520. The molecule has 2 rings (SSSR count). The second kappa shape index (κ2) is 3.36. The van der Waals surface area contributed by atoms with E-state index in [0.29, 0.717) is 10.9 Å². The molecule has 0 aliphatic rings. The van der Waals surface area contributed by atoms with Gasteiger partial charge in [0, 0.05) is 10.9 Å². The summed E-state index contributed by atoms with van der Waals surface area (Å²) in [7, 11) is 0. The Morgan fingerprint density at radius 2 is 2.13 bits per heavy atom. The van der Waals surface area contributed by atoms with Gasteiger partial charge in [0.1, 0.15) is 5.82 Å². The third-order valence-electron chi connectivity index (χ3n) is 2.13. The summed E-state index contributed by atoms with van der Waals surface area (Å²) in [5, 5.41) is 18.3. The molecular weight excluding hydrogens is 201 g/mol. The quantitative estimate of drug-likeness (QED) is 0.700. The van der Waals surface area contributed by atoms with Crippen molar-refractivity contribution in [3.63, 3.8) is 0 Å². The predicted molar refractivity (Wildman–Crippen MR) is 50.9 cm³/mol. The molecule has 2 aromatic rings. The van der Waals surface area contributed by atoms with E-state index in [1.807, 2.05) is 0 Å². The minimum absolute atomic E-state index is 0.142. The molecule has 1 unspecified atom stereocenters. The molecule has 78 valence electrons. The number of H-pyrrole nitrogens is 1. The Balaban J connectivity index is 2.51. The van der Waals surface area contributed by atoms with Crippen molar-refractivity contribution in [3.05, 3.63) is 35.8 Å². The number of aromatic nitrogens is 1. The van der Waals surface area contributed by atoms with Gasteiger partial charge in [0.05, 0.1) is 5.69 Å². The summed E-state index contributed by atoms with van der Waals surface area (Å²) in [5.41, 5.74) is 0.731. The molecule has 0 aliphatic heterocycles. The second-order valence-electron chi connectivity index (χ2n) is 3.20. The van der Waals surface area contributed by atoms with Crippen molar-refractivity contribution < 1.29 is 19.4 Å². The van der Waals surface area contributed by atoms with Gasteiger partial charge in [-0.25, -0.2) is 9.18 Å². The minimum atomic E-state index is -1.61. The lowest BCUT2D eigenvalue weighted by Gasteiger charge is -2.00. The van der Waals surface area contributed by atoms with Crippen LogP contribution in [0.5, 0.6) is 0 Å². The van der Waals surface area contributed by atoms with Crippen molar-refractivity contribution in [1.29, 1.82) is 0 Å². The highest BCUT2D eigenvalue weighted by atomic mass is 19.1. The topological polar surface area (TPSA) is 73.3 Å². The Labute approximate surface area is 84.0 Å². The largest absolute Gasteiger partial charge is 0.479 e. The molecule has 1 atom stereocenters. The summed E-state index contributed by atoms with van der Waals surface area (Å²) < 4.78 is 12.8. The van der Waals surface area contributed by atoms with Crippen molar-refractivity contribution >= 4 is 16.9 Å². The number of carboxylic acid groups (broad SMARTS) is 1. The van der Waals surface area contributed by atoms with E-state index >= 15 is 0 Å². The van der Waals surface area contributed by atoms with Gasteiger partial charge in [-0.2, -0.15) is 0 Å². The fourth-order valence-corrected chi connectivity index (χ4v) is 1.41. The molecular formula is C10H8FNO3. The van der Waals surface area contributed by atoms with E-state index in [-0.39, 0.29) is 5.69 Å². The number of hydrogen-bond acceptors (Lipinski definition) is 2. The number of carboxylic acids is 1. The zero-order valence-corrected chi connectivity index (χ0v) is 7.57. The number of aliphatic hydroxyl groups excluding tert-OH is 1. The van der Waals surface area contributed by atoms with Crippen LogP contribution in [0, 0.1) is 5.82 Å². The zero-order chi connectivity index (χ0) is 11.0. The van der Waals surface area contributed by atoms with Crippen LogP contribution in [0.2, 0.25) is 0 Å². The number of fused-ring (bicyclic) bond motifs is 1. The van der Waals surface area contributed by atoms with E-state index in [9.17, 15) is 14.3 Å². The average Bonchev–Trinajstić information content (AvgIpc) is 2.58. The van der Waals surface area contributed by atoms with Gasteiger partial charge >= 0.3 is 5.97 Å². The molecule has 1 heterocycles. The maximum absolute atomic E-state index is 12.8. The molecule has 0 fully saturated rings. The molecule has 0 bridgehead atoms. The van der Waals surface area contributed by atoms with Crippen LogP contribution in [-0.2, 0) is 4.79 Å². The highest BCUT2D eigenvalue weighted by molar-refractivity contribution is 5.83. The highest BCUT2D eigenvalue weighted by Gasteiger charge is 2.17. The van der Waals surface area contributed by atoms with Gasteiger partial charge in [0.15, 0.2) is 6.10 Å². The zero-order valence-electron chi connectivity index (χ0n) is 7.57. The van der Waals surface area contributed by atoms with Gasteiger partial charge < -0.3 is 15.2 Å². The van der Waals surface area contributed by atoms with Crippen molar-refractivity contribution in [2.75, 3.05) is 0 Å². The van der Waals surface area contributed by atoms with Gasteiger partial charge in [-0.15, -0.1) is 0 Å². The SMILES string of the molecule is O=C(O)C(O)c1cc2cc(F)ccc2[nH]1. The Morgan fingerprint density at radius 1 is 1.40 bits per heavy atom. The molecule has 1 aromatic carbocycles. The van der Waals surface area contributed by atoms with E-state index < -0.39 is 17.9 Å². The van der Waals surface area contributed by atoms with Crippen LogP contribution in [0.15, 0.2) is 24.3 Å². The van der Waals surface area contributed by atoms with Crippen LogP contribution < -0.4 is 0 Å². The number of aliphatic hydroxyl groups is 1. The van der Waals surface area contributed by atoms with E-state index in [1.54, 1.807) is 0 Å². The average molecular weight is 209 g/mol. The molecule has 0 saturated carbocycles. The van der Waals surface area contributed by atoms with Crippen molar-refractivity contribution in [2.24, 2.45) is 0 Å². The smallest absolute Gasteiger partial charge is 0.338 e. The van der Waals surface area contributed by atoms with Gasteiger partial charge in [-0.3, -0.25) is 0 Å². The number of carbonyl (C=O) groups is 1. The van der Waals surface area contributed by atoms with Gasteiger partial charge in [-0.05, 0) is 24.3 Å². The molecule has 4 nitrogen and oxygen atoms in total. The summed E-state index contributed by atoms with van der Waals surface area (Å²) in [6, 6.07) is 5.43. The first-order valence-electron chi connectivity index (χ1n) is 4.27. The van der Waals surface area contributed by atoms with Crippen molar-refractivity contribution in [3.8, 4) is 0 Å². The number of benzene rings is 1. The van der Waals surface area contributed by atoms with Crippen molar-refractivity contribution in [2.45, 2.75) is 6.10 Å². The number of nitrogens with one attached hydrogen (secondary N) is 1. The molecule has 0 saturated heterocycles. The monoisotopic (exact) mass is 209 g/mol. The summed E-state index contributed by atoms with van der Waals surface area (Å²) in [4.78, 5) is 13.2. The summed E-state index contributed by atoms with van der Waals surface area (Å²) in [5.74, 6) is -1.75. The van der Waals surface area contributed by atoms with Crippen LogP contribution >= 0.6 is 0 Å². The standard InChI is InChI=1S/C10H8FNO3/c11-6-1-2-7-5(3-6)4-8(12-7)9(13)10(14)15/h1-4,9,12-13H,(H,14,15). The first-order chi connectivity index (χ1) is 7.08. The Morgan fingerprint density at radius 3 is 2.80 bits per heavy atom. The first-order valence-corrected chi connectivity index (χ1v) is 4.27. The Kier molecular flexibility index (Phi) is 2.17. The number of aliphatic carboxylic acids is 1. The Hall–Kier alpha value is -1.88. The number of halogens is 1. The van der Waals surface area contributed by atoms with Gasteiger partial charge in [-0.1, -0.05) is 0 Å². The fourth-order valence-electron chi connectivity index (χ4n) is 1.41. The molecule has 0 radical (unpaired) electrons. The summed E-state index contributed by atoms with van der Waals surface area (Å²) in [6.45, 7) is 0. The van der Waals surface area contributed by atoms with Crippen LogP contribution in [0.25, 0.3) is 10.9 Å². The fraction of sp³-hybridized carbons (Fsp3) is 0.100. The normalized spacial score (nSPS) is 12.9. The molecule has 0 amide bonds. The van der Waals surface area contributed by atoms with Crippen LogP contribution in [0.1, 0.15) is 11.8 Å². The van der Waals surface area contributed by atoms with E-state index in [0.717, 1.165) is 0 Å². The summed E-state index contributed by atoms with van der Waals surface area (Å²) in [6.07, 6.45) is -1.61. The molecule has 5 heteroatoms. The highest BCUT2D eigenvalue weighted by Crippen LogP contribution is 2.20. The maximum Gasteiger partial charge on any atom is 0.338 e. The molecule has 3 N–H and O–H groups in total. The number of aromatic amines is 1. The second-order valence-corrected chi connectivity index (χ2v) is 3.20. The van der Waals surface area contributed by atoms with Gasteiger partial charge in [0.2, 0.25) is 0 Å². The van der Waals surface area contributed by atoms with Crippen molar-refractivity contribution in [1.82, 2.24) is 4.98 Å². The third-order valence-corrected chi connectivity index (χ3v) is 2.13. The first kappa shape index (κ1) is 9.67. The molecule has 1 aromatic heterocycles. The lowest BCUT2D eigenvalue weighted by atomic mass is 10.2. The minimum Gasteiger partial charge on any atom is -0.479 e. The number of rotatable bonds is 2. The van der Waals surface area contributed by atoms with Crippen LogP contribution in [-0.4, -0.2) is 21.2 Å². The predicted octanol–water partition coefficient (Wildman–Crippen LogP) is 1.43. The summed E-state index contributed by atoms with van der Waals surface area (Å²) >= 11 is 0. The molecule has 0 spiro atoms. The maximum atomic E-state index is 12.8. The van der Waals surface area contributed by atoms with E-state index in [4.69, 9.17) is 5.11 Å².